The van der Waals surface area contributed by atoms with E-state index in [-0.39, 0.29) is 6.10 Å². The highest BCUT2D eigenvalue weighted by Gasteiger charge is 2.22. The third-order valence-corrected chi connectivity index (χ3v) is 4.16. The smallest absolute Gasteiger partial charge is 0.0568 e. The van der Waals surface area contributed by atoms with Crippen molar-refractivity contribution < 1.29 is 5.11 Å². The lowest BCUT2D eigenvalue weighted by molar-refractivity contribution is 0.0655. The number of aliphatic hydroxyl groups excluding tert-OH is 1. The SMILES string of the molecule is Cc1ccc(C)c(CCC2CCCCC2O)c1. The summed E-state index contributed by atoms with van der Waals surface area (Å²) in [7, 11) is 0. The number of benzene rings is 1. The van der Waals surface area contributed by atoms with E-state index in [4.69, 9.17) is 0 Å². The molecule has 1 heteroatoms. The maximum atomic E-state index is 9.97. The summed E-state index contributed by atoms with van der Waals surface area (Å²) in [5, 5.41) is 9.97. The average Bonchev–Trinajstić information content (AvgIpc) is 2.32. The van der Waals surface area contributed by atoms with Crippen molar-refractivity contribution in [2.75, 3.05) is 0 Å². The molecule has 1 aliphatic rings. The molecular formula is C16H24O. The Kier molecular flexibility index (Phi) is 4.22. The van der Waals surface area contributed by atoms with E-state index in [1.165, 1.54) is 36.0 Å². The molecule has 0 bridgehead atoms. The van der Waals surface area contributed by atoms with Gasteiger partial charge in [-0.05, 0) is 56.6 Å². The summed E-state index contributed by atoms with van der Waals surface area (Å²) in [6, 6.07) is 6.68. The van der Waals surface area contributed by atoms with Crippen molar-refractivity contribution in [1.29, 1.82) is 0 Å². The number of rotatable bonds is 3. The molecule has 0 amide bonds. The van der Waals surface area contributed by atoms with Gasteiger partial charge in [0.2, 0.25) is 0 Å². The largest absolute Gasteiger partial charge is 0.393 e. The molecule has 0 saturated heterocycles. The molecule has 0 heterocycles. The Bertz CT molecular complexity index is 370. The summed E-state index contributed by atoms with van der Waals surface area (Å²) in [5.74, 6) is 0.531. The third kappa shape index (κ3) is 3.32. The normalized spacial score (nSPS) is 24.9. The molecule has 17 heavy (non-hydrogen) atoms. The van der Waals surface area contributed by atoms with Crippen LogP contribution in [0.5, 0.6) is 0 Å². The summed E-state index contributed by atoms with van der Waals surface area (Å²) in [6.07, 6.45) is 6.95. The van der Waals surface area contributed by atoms with Gasteiger partial charge in [-0.25, -0.2) is 0 Å². The first kappa shape index (κ1) is 12.6. The molecule has 1 aromatic rings. The minimum Gasteiger partial charge on any atom is -0.393 e. The summed E-state index contributed by atoms with van der Waals surface area (Å²) >= 11 is 0. The molecule has 0 spiro atoms. The summed E-state index contributed by atoms with van der Waals surface area (Å²) in [6.45, 7) is 4.34. The molecule has 1 nitrogen and oxygen atoms in total. The van der Waals surface area contributed by atoms with E-state index in [0.29, 0.717) is 5.92 Å². The lowest BCUT2D eigenvalue weighted by Gasteiger charge is -2.27. The van der Waals surface area contributed by atoms with Crippen molar-refractivity contribution in [3.63, 3.8) is 0 Å². The highest BCUT2D eigenvalue weighted by molar-refractivity contribution is 5.30. The minimum absolute atomic E-state index is 0.0473. The van der Waals surface area contributed by atoms with Crippen LogP contribution >= 0.6 is 0 Å². The Morgan fingerprint density at radius 2 is 1.94 bits per heavy atom. The maximum absolute atomic E-state index is 9.97. The molecule has 1 saturated carbocycles. The maximum Gasteiger partial charge on any atom is 0.0568 e. The Balaban J connectivity index is 1.94. The van der Waals surface area contributed by atoms with Crippen molar-refractivity contribution in [1.82, 2.24) is 0 Å². The van der Waals surface area contributed by atoms with Gasteiger partial charge in [-0.1, -0.05) is 36.6 Å². The van der Waals surface area contributed by atoms with E-state index in [1.54, 1.807) is 0 Å². The van der Waals surface area contributed by atoms with Crippen LogP contribution in [0.2, 0.25) is 0 Å². The first-order valence-electron chi connectivity index (χ1n) is 6.91. The molecular weight excluding hydrogens is 208 g/mol. The molecule has 1 aromatic carbocycles. The van der Waals surface area contributed by atoms with Gasteiger partial charge >= 0.3 is 0 Å². The highest BCUT2D eigenvalue weighted by atomic mass is 16.3. The number of aliphatic hydroxyl groups is 1. The Morgan fingerprint density at radius 3 is 2.71 bits per heavy atom. The van der Waals surface area contributed by atoms with Crippen LogP contribution < -0.4 is 0 Å². The molecule has 0 aromatic heterocycles. The number of aryl methyl sites for hydroxylation is 3. The quantitative estimate of drug-likeness (QED) is 0.840. The van der Waals surface area contributed by atoms with Gasteiger partial charge in [-0.3, -0.25) is 0 Å². The lowest BCUT2D eigenvalue weighted by Crippen LogP contribution is -2.24. The van der Waals surface area contributed by atoms with E-state index in [2.05, 4.69) is 32.0 Å². The molecule has 0 aliphatic heterocycles. The zero-order valence-corrected chi connectivity index (χ0v) is 11.1. The van der Waals surface area contributed by atoms with Crippen molar-refractivity contribution in [2.45, 2.75) is 58.5 Å². The summed E-state index contributed by atoms with van der Waals surface area (Å²) in [5.41, 5.74) is 4.19. The van der Waals surface area contributed by atoms with Crippen LogP contribution in [0.25, 0.3) is 0 Å². The van der Waals surface area contributed by atoms with Crippen molar-refractivity contribution in [3.05, 3.63) is 34.9 Å². The number of hydrogen-bond acceptors (Lipinski definition) is 1. The van der Waals surface area contributed by atoms with Crippen LogP contribution in [0.15, 0.2) is 18.2 Å². The van der Waals surface area contributed by atoms with Crippen molar-refractivity contribution in [3.8, 4) is 0 Å². The molecule has 0 radical (unpaired) electrons. The second kappa shape index (κ2) is 5.68. The van der Waals surface area contributed by atoms with Crippen LogP contribution in [0.3, 0.4) is 0 Å². The molecule has 2 rings (SSSR count). The minimum atomic E-state index is -0.0473. The van der Waals surface area contributed by atoms with Crippen molar-refractivity contribution in [2.24, 2.45) is 5.92 Å². The van der Waals surface area contributed by atoms with E-state index in [9.17, 15) is 5.11 Å². The molecule has 2 atom stereocenters. The summed E-state index contributed by atoms with van der Waals surface area (Å²) in [4.78, 5) is 0. The lowest BCUT2D eigenvalue weighted by atomic mass is 9.82. The standard InChI is InChI=1S/C16H24O/c1-12-7-8-13(2)15(11-12)10-9-14-5-3-4-6-16(14)17/h7-8,11,14,16-17H,3-6,9-10H2,1-2H3. The fourth-order valence-corrected chi connectivity index (χ4v) is 2.94. The van der Waals surface area contributed by atoms with Gasteiger partial charge in [0.1, 0.15) is 0 Å². The zero-order valence-electron chi connectivity index (χ0n) is 11.1. The van der Waals surface area contributed by atoms with E-state index < -0.39 is 0 Å². The van der Waals surface area contributed by atoms with Gasteiger partial charge in [-0.2, -0.15) is 0 Å². The van der Waals surface area contributed by atoms with Gasteiger partial charge in [0.25, 0.3) is 0 Å². The predicted molar refractivity (Wildman–Crippen MR) is 72.2 cm³/mol. The van der Waals surface area contributed by atoms with Gasteiger partial charge in [0.05, 0.1) is 6.10 Å². The van der Waals surface area contributed by atoms with Crippen molar-refractivity contribution >= 4 is 0 Å². The van der Waals surface area contributed by atoms with Crippen LogP contribution in [0.4, 0.5) is 0 Å². The van der Waals surface area contributed by atoms with Crippen LogP contribution in [0, 0.1) is 19.8 Å². The van der Waals surface area contributed by atoms with Crippen LogP contribution in [-0.4, -0.2) is 11.2 Å². The van der Waals surface area contributed by atoms with Gasteiger partial charge in [-0.15, -0.1) is 0 Å². The Labute approximate surface area is 105 Å². The van der Waals surface area contributed by atoms with E-state index >= 15 is 0 Å². The first-order chi connectivity index (χ1) is 8.16. The molecule has 1 fully saturated rings. The molecule has 1 aliphatic carbocycles. The Morgan fingerprint density at radius 1 is 1.18 bits per heavy atom. The van der Waals surface area contributed by atoms with E-state index in [0.717, 1.165) is 19.3 Å². The Hall–Kier alpha value is -0.820. The van der Waals surface area contributed by atoms with Crippen LogP contribution in [-0.2, 0) is 6.42 Å². The number of hydrogen-bond donors (Lipinski definition) is 1. The van der Waals surface area contributed by atoms with E-state index in [1.807, 2.05) is 0 Å². The fourth-order valence-electron chi connectivity index (χ4n) is 2.94. The van der Waals surface area contributed by atoms with Gasteiger partial charge in [0.15, 0.2) is 0 Å². The zero-order chi connectivity index (χ0) is 12.3. The fraction of sp³-hybridized carbons (Fsp3) is 0.625. The van der Waals surface area contributed by atoms with Gasteiger partial charge < -0.3 is 5.11 Å². The molecule has 2 unspecified atom stereocenters. The summed E-state index contributed by atoms with van der Waals surface area (Å²) < 4.78 is 0. The average molecular weight is 232 g/mol. The highest BCUT2D eigenvalue weighted by Crippen LogP contribution is 2.28. The van der Waals surface area contributed by atoms with Crippen LogP contribution in [0.1, 0.15) is 48.8 Å². The first-order valence-corrected chi connectivity index (χ1v) is 6.91. The van der Waals surface area contributed by atoms with Gasteiger partial charge in [0, 0.05) is 0 Å². The predicted octanol–water partition coefficient (Wildman–Crippen LogP) is 3.79. The molecule has 94 valence electrons. The monoisotopic (exact) mass is 232 g/mol. The molecule has 1 N–H and O–H groups in total. The second-order valence-electron chi connectivity index (χ2n) is 5.58. The third-order valence-electron chi connectivity index (χ3n) is 4.16. The second-order valence-corrected chi connectivity index (χ2v) is 5.58. The topological polar surface area (TPSA) is 20.2 Å².